The van der Waals surface area contributed by atoms with Gasteiger partial charge in [0.2, 0.25) is 5.91 Å². The number of aromatic nitrogens is 3. The molecule has 7 nitrogen and oxygen atoms in total. The molecular formula is C18H25N5O2. The topological polar surface area (TPSA) is 72.3 Å². The Kier molecular flexibility index (Phi) is 5.33. The van der Waals surface area contributed by atoms with Crippen LogP contribution in [0.2, 0.25) is 0 Å². The Morgan fingerprint density at radius 3 is 3.00 bits per heavy atom. The maximum Gasteiger partial charge on any atom is 0.230 e. The van der Waals surface area contributed by atoms with Crippen molar-refractivity contribution in [2.24, 2.45) is 5.92 Å². The molecule has 1 N–H and O–H groups in total. The van der Waals surface area contributed by atoms with Crippen LogP contribution in [0.1, 0.15) is 31.7 Å². The van der Waals surface area contributed by atoms with E-state index in [1.807, 2.05) is 35.8 Å². The van der Waals surface area contributed by atoms with Crippen molar-refractivity contribution < 1.29 is 9.53 Å². The fourth-order valence-corrected chi connectivity index (χ4v) is 3.12. The number of pyridine rings is 1. The van der Waals surface area contributed by atoms with Crippen molar-refractivity contribution in [3.8, 4) is 0 Å². The summed E-state index contributed by atoms with van der Waals surface area (Å²) in [5.74, 6) is 1.34. The summed E-state index contributed by atoms with van der Waals surface area (Å²) in [6.07, 6.45) is 6.74. The van der Waals surface area contributed by atoms with Crippen LogP contribution >= 0.6 is 0 Å². The first-order chi connectivity index (χ1) is 12.1. The number of rotatable bonds is 5. The van der Waals surface area contributed by atoms with Crippen molar-refractivity contribution in [1.29, 1.82) is 0 Å². The van der Waals surface area contributed by atoms with Gasteiger partial charge in [-0.2, -0.15) is 0 Å². The summed E-state index contributed by atoms with van der Waals surface area (Å²) >= 11 is 0. The fraction of sp³-hybridized carbons (Fsp3) is 0.500. The second-order valence-corrected chi connectivity index (χ2v) is 6.40. The lowest BCUT2D eigenvalue weighted by Crippen LogP contribution is -2.34. The van der Waals surface area contributed by atoms with Gasteiger partial charge in [0, 0.05) is 57.6 Å². The fourth-order valence-electron chi connectivity index (χ4n) is 3.12. The summed E-state index contributed by atoms with van der Waals surface area (Å²) in [5, 5.41) is 3.01. The maximum atomic E-state index is 12.9. The highest BCUT2D eigenvalue weighted by Gasteiger charge is 2.35. The summed E-state index contributed by atoms with van der Waals surface area (Å²) in [4.78, 5) is 23.5. The maximum absolute atomic E-state index is 12.9. The minimum Gasteiger partial charge on any atom is -0.369 e. The molecular weight excluding hydrogens is 318 g/mol. The van der Waals surface area contributed by atoms with Gasteiger partial charge < -0.3 is 19.5 Å². The highest BCUT2D eigenvalue weighted by Crippen LogP contribution is 2.34. The van der Waals surface area contributed by atoms with E-state index < -0.39 is 0 Å². The number of nitrogens with one attached hydrogen (secondary N) is 1. The number of carbonyl (C=O) groups excluding carboxylic acids is 1. The van der Waals surface area contributed by atoms with Crippen LogP contribution < -0.4 is 10.2 Å². The number of hydrogen-bond donors (Lipinski definition) is 1. The molecule has 0 bridgehead atoms. The predicted octanol–water partition coefficient (Wildman–Crippen LogP) is 2.47. The first-order valence-corrected chi connectivity index (χ1v) is 8.67. The Morgan fingerprint density at radius 1 is 1.40 bits per heavy atom. The van der Waals surface area contributed by atoms with E-state index in [-0.39, 0.29) is 17.9 Å². The molecule has 1 amide bonds. The normalized spacial score (nSPS) is 20.3. The second kappa shape index (κ2) is 7.65. The van der Waals surface area contributed by atoms with Crippen LogP contribution in [-0.4, -0.2) is 41.1 Å². The first kappa shape index (κ1) is 17.4. The number of nitrogens with zero attached hydrogens (tertiary/aromatic N) is 4. The molecule has 0 unspecified atom stereocenters. The quantitative estimate of drug-likeness (QED) is 0.903. The Bertz CT molecular complexity index is 728. The number of aryl methyl sites for hydroxylation is 1. The zero-order chi connectivity index (χ0) is 17.8. The lowest BCUT2D eigenvalue weighted by atomic mass is 9.92. The van der Waals surface area contributed by atoms with Crippen LogP contribution in [0, 0.1) is 5.92 Å². The van der Waals surface area contributed by atoms with E-state index in [0.717, 1.165) is 36.7 Å². The average molecular weight is 343 g/mol. The molecule has 0 aliphatic carbocycles. The summed E-state index contributed by atoms with van der Waals surface area (Å²) in [6, 6.07) is 3.67. The standard InChI is InChI=1S/C18H25N5O2/c1-4-23-10-9-20-17(23)16-14(6-5-11-25-16)18(24)21-13-7-8-19-15(12-13)22(2)3/h7-10,12,14,16H,4-6,11H2,1-3H3,(H,19,21,24)/t14-,16-/m1/s1. The second-order valence-electron chi connectivity index (χ2n) is 6.40. The Balaban J connectivity index is 1.78. The molecule has 0 spiro atoms. The van der Waals surface area contributed by atoms with Crippen LogP contribution in [0.4, 0.5) is 11.5 Å². The molecule has 1 aliphatic heterocycles. The molecule has 7 heteroatoms. The SMILES string of the molecule is CCn1ccnc1[C@@H]1OCCC[C@H]1C(=O)Nc1ccnc(N(C)C)c1. The number of hydrogen-bond acceptors (Lipinski definition) is 5. The van der Waals surface area contributed by atoms with Crippen molar-refractivity contribution in [2.45, 2.75) is 32.4 Å². The van der Waals surface area contributed by atoms with E-state index in [4.69, 9.17) is 4.74 Å². The van der Waals surface area contributed by atoms with Gasteiger partial charge in [-0.05, 0) is 25.8 Å². The molecule has 2 atom stereocenters. The molecule has 25 heavy (non-hydrogen) atoms. The molecule has 1 aliphatic rings. The van der Waals surface area contributed by atoms with Crippen LogP contribution in [0.15, 0.2) is 30.7 Å². The summed E-state index contributed by atoms with van der Waals surface area (Å²) in [5.41, 5.74) is 0.742. The zero-order valence-corrected chi connectivity index (χ0v) is 15.0. The zero-order valence-electron chi connectivity index (χ0n) is 15.0. The van der Waals surface area contributed by atoms with Crippen LogP contribution in [0.3, 0.4) is 0 Å². The predicted molar refractivity (Wildman–Crippen MR) is 96.5 cm³/mol. The molecule has 2 aromatic heterocycles. The van der Waals surface area contributed by atoms with E-state index in [0.29, 0.717) is 6.61 Å². The average Bonchev–Trinajstić information content (AvgIpc) is 3.10. The van der Waals surface area contributed by atoms with Gasteiger partial charge in [-0.15, -0.1) is 0 Å². The third-order valence-electron chi connectivity index (χ3n) is 4.47. The lowest BCUT2D eigenvalue weighted by molar-refractivity contribution is -0.130. The van der Waals surface area contributed by atoms with Crippen molar-refractivity contribution in [1.82, 2.24) is 14.5 Å². The molecule has 1 saturated heterocycles. The van der Waals surface area contributed by atoms with Crippen molar-refractivity contribution in [3.63, 3.8) is 0 Å². The molecule has 0 radical (unpaired) electrons. The van der Waals surface area contributed by atoms with E-state index in [1.165, 1.54) is 0 Å². The number of imidazole rings is 1. The van der Waals surface area contributed by atoms with E-state index in [9.17, 15) is 4.79 Å². The molecule has 3 rings (SSSR count). The number of ether oxygens (including phenoxy) is 1. The number of anilines is 2. The third kappa shape index (κ3) is 3.82. The summed E-state index contributed by atoms with van der Waals surface area (Å²) in [7, 11) is 3.84. The number of carbonyl (C=O) groups is 1. The Hall–Kier alpha value is -2.41. The van der Waals surface area contributed by atoms with E-state index in [1.54, 1.807) is 18.5 Å². The molecule has 0 saturated carbocycles. The minimum atomic E-state index is -0.307. The summed E-state index contributed by atoms with van der Waals surface area (Å²) < 4.78 is 7.97. The third-order valence-corrected chi connectivity index (χ3v) is 4.47. The van der Waals surface area contributed by atoms with Gasteiger partial charge in [0.15, 0.2) is 0 Å². The van der Waals surface area contributed by atoms with Crippen molar-refractivity contribution in [3.05, 3.63) is 36.5 Å². The van der Waals surface area contributed by atoms with Gasteiger partial charge >= 0.3 is 0 Å². The van der Waals surface area contributed by atoms with Gasteiger partial charge in [-0.1, -0.05) is 0 Å². The Labute approximate surface area is 148 Å². The van der Waals surface area contributed by atoms with Crippen molar-refractivity contribution in [2.75, 3.05) is 30.9 Å². The van der Waals surface area contributed by atoms with Gasteiger partial charge in [0.25, 0.3) is 0 Å². The highest BCUT2D eigenvalue weighted by atomic mass is 16.5. The van der Waals surface area contributed by atoms with Gasteiger partial charge in [0.05, 0.1) is 5.92 Å². The lowest BCUT2D eigenvalue weighted by Gasteiger charge is -2.30. The van der Waals surface area contributed by atoms with Crippen molar-refractivity contribution >= 4 is 17.4 Å². The smallest absolute Gasteiger partial charge is 0.230 e. The van der Waals surface area contributed by atoms with E-state index >= 15 is 0 Å². The van der Waals surface area contributed by atoms with Gasteiger partial charge in [-0.25, -0.2) is 9.97 Å². The minimum absolute atomic E-state index is 0.0359. The number of amides is 1. The van der Waals surface area contributed by atoms with Crippen LogP contribution in [-0.2, 0) is 16.1 Å². The van der Waals surface area contributed by atoms with Crippen LogP contribution in [0.25, 0.3) is 0 Å². The van der Waals surface area contributed by atoms with Gasteiger partial charge in [-0.3, -0.25) is 4.79 Å². The largest absolute Gasteiger partial charge is 0.369 e. The van der Waals surface area contributed by atoms with Crippen LogP contribution in [0.5, 0.6) is 0 Å². The van der Waals surface area contributed by atoms with Gasteiger partial charge in [0.1, 0.15) is 17.7 Å². The molecule has 134 valence electrons. The molecule has 1 fully saturated rings. The molecule has 0 aromatic carbocycles. The van der Waals surface area contributed by atoms with E-state index in [2.05, 4.69) is 22.2 Å². The highest BCUT2D eigenvalue weighted by molar-refractivity contribution is 5.93. The summed E-state index contributed by atoms with van der Waals surface area (Å²) in [6.45, 7) is 3.52. The Morgan fingerprint density at radius 2 is 2.24 bits per heavy atom. The molecule has 2 aromatic rings. The first-order valence-electron chi connectivity index (χ1n) is 8.67. The monoisotopic (exact) mass is 343 g/mol. The molecule has 3 heterocycles.